The predicted molar refractivity (Wildman–Crippen MR) is 93.4 cm³/mol. The van der Waals surface area contributed by atoms with E-state index < -0.39 is 11.0 Å². The maximum atomic E-state index is 12.0. The number of carbonyl (C=O) groups excluding carboxylic acids is 2. The van der Waals surface area contributed by atoms with E-state index >= 15 is 0 Å². The predicted octanol–water partition coefficient (Wildman–Crippen LogP) is 4.29. The maximum Gasteiger partial charge on any atom is 0.136 e. The van der Waals surface area contributed by atoms with Crippen LogP contribution in [0.2, 0.25) is 0 Å². The molecule has 0 spiro atoms. The van der Waals surface area contributed by atoms with Crippen molar-refractivity contribution in [1.29, 1.82) is 0 Å². The van der Waals surface area contributed by atoms with Crippen molar-refractivity contribution in [2.45, 2.75) is 70.8 Å². The largest absolute Gasteiger partial charge is 0.389 e. The van der Waals surface area contributed by atoms with Crippen molar-refractivity contribution in [3.05, 3.63) is 35.9 Å². The second-order valence-electron chi connectivity index (χ2n) is 6.61. The van der Waals surface area contributed by atoms with Gasteiger partial charge in [-0.05, 0) is 25.3 Å². The molecule has 0 fully saturated rings. The lowest BCUT2D eigenvalue weighted by Crippen LogP contribution is -2.52. The molecular weight excluding hydrogens is 288 g/mol. The SMILES string of the molecule is CCCCCCC(c1ccccc1)C(C=O)(C=O)C(C)(O)CC. The van der Waals surface area contributed by atoms with E-state index in [1.54, 1.807) is 13.8 Å². The molecule has 1 aromatic carbocycles. The Morgan fingerprint density at radius 1 is 1.04 bits per heavy atom. The van der Waals surface area contributed by atoms with E-state index in [2.05, 4.69) is 6.92 Å². The standard InChI is InChI=1S/C20H30O3/c1-4-6-7-11-14-18(17-12-9-8-10-13-17)20(15-21,16-22)19(3,23)5-2/h8-10,12-13,15-16,18,23H,4-7,11,14H2,1-3H3. The Hall–Kier alpha value is -1.48. The van der Waals surface area contributed by atoms with Gasteiger partial charge in [0.1, 0.15) is 18.0 Å². The lowest BCUT2D eigenvalue weighted by molar-refractivity contribution is -0.148. The molecule has 0 aliphatic carbocycles. The van der Waals surface area contributed by atoms with Crippen molar-refractivity contribution < 1.29 is 14.7 Å². The molecule has 23 heavy (non-hydrogen) atoms. The van der Waals surface area contributed by atoms with E-state index in [9.17, 15) is 14.7 Å². The first-order valence-corrected chi connectivity index (χ1v) is 8.69. The zero-order valence-corrected chi connectivity index (χ0v) is 14.6. The molecule has 2 unspecified atom stereocenters. The molecule has 0 saturated heterocycles. The summed E-state index contributed by atoms with van der Waals surface area (Å²) < 4.78 is 0. The Kier molecular flexibility index (Phi) is 7.63. The van der Waals surface area contributed by atoms with Crippen LogP contribution in [0.25, 0.3) is 0 Å². The first-order valence-electron chi connectivity index (χ1n) is 8.69. The molecule has 3 nitrogen and oxygen atoms in total. The summed E-state index contributed by atoms with van der Waals surface area (Å²) in [5.74, 6) is -0.300. The third-order valence-corrected chi connectivity index (χ3v) is 5.14. The molecule has 0 amide bonds. The molecular formula is C20H30O3. The van der Waals surface area contributed by atoms with Gasteiger partial charge in [0, 0.05) is 5.92 Å². The molecule has 0 aromatic heterocycles. The number of benzene rings is 1. The number of rotatable bonds is 11. The van der Waals surface area contributed by atoms with Gasteiger partial charge in [0.25, 0.3) is 0 Å². The van der Waals surface area contributed by atoms with Crippen LogP contribution in [0.4, 0.5) is 0 Å². The summed E-state index contributed by atoms with van der Waals surface area (Å²) in [7, 11) is 0. The molecule has 0 aliphatic heterocycles. The summed E-state index contributed by atoms with van der Waals surface area (Å²) in [4.78, 5) is 24.0. The summed E-state index contributed by atoms with van der Waals surface area (Å²) >= 11 is 0. The Morgan fingerprint density at radius 2 is 1.65 bits per heavy atom. The van der Waals surface area contributed by atoms with Crippen molar-refractivity contribution in [2.24, 2.45) is 5.41 Å². The quantitative estimate of drug-likeness (QED) is 0.376. The van der Waals surface area contributed by atoms with Gasteiger partial charge in [-0.15, -0.1) is 0 Å². The van der Waals surface area contributed by atoms with Gasteiger partial charge in [-0.2, -0.15) is 0 Å². The Bertz CT molecular complexity index is 471. The highest BCUT2D eigenvalue weighted by atomic mass is 16.3. The Balaban J connectivity index is 3.23. The summed E-state index contributed by atoms with van der Waals surface area (Å²) in [6.07, 6.45) is 6.69. The van der Waals surface area contributed by atoms with Gasteiger partial charge in [-0.25, -0.2) is 0 Å². The van der Waals surface area contributed by atoms with Gasteiger partial charge in [-0.1, -0.05) is 69.9 Å². The molecule has 0 radical (unpaired) electrons. The molecule has 1 aromatic rings. The molecule has 2 atom stereocenters. The van der Waals surface area contributed by atoms with Crippen LogP contribution in [-0.2, 0) is 9.59 Å². The van der Waals surface area contributed by atoms with Crippen LogP contribution in [0.3, 0.4) is 0 Å². The lowest BCUT2D eigenvalue weighted by atomic mass is 9.61. The van der Waals surface area contributed by atoms with Crippen molar-refractivity contribution in [2.75, 3.05) is 0 Å². The van der Waals surface area contributed by atoms with Crippen LogP contribution in [0.15, 0.2) is 30.3 Å². The monoisotopic (exact) mass is 318 g/mol. The highest BCUT2D eigenvalue weighted by Crippen LogP contribution is 2.45. The number of hydrogen-bond donors (Lipinski definition) is 1. The molecule has 0 heterocycles. The van der Waals surface area contributed by atoms with E-state index in [-0.39, 0.29) is 5.92 Å². The first-order chi connectivity index (χ1) is 11.0. The highest BCUT2D eigenvalue weighted by molar-refractivity contribution is 5.87. The van der Waals surface area contributed by atoms with Crippen molar-refractivity contribution in [3.8, 4) is 0 Å². The fourth-order valence-corrected chi connectivity index (χ4v) is 3.27. The van der Waals surface area contributed by atoms with E-state index in [0.29, 0.717) is 19.0 Å². The Labute approximate surface area is 140 Å². The molecule has 0 aliphatic rings. The maximum absolute atomic E-state index is 12.0. The second-order valence-corrected chi connectivity index (χ2v) is 6.61. The van der Waals surface area contributed by atoms with Crippen LogP contribution < -0.4 is 0 Å². The van der Waals surface area contributed by atoms with Crippen molar-refractivity contribution in [1.82, 2.24) is 0 Å². The smallest absolute Gasteiger partial charge is 0.136 e. The molecule has 1 rings (SSSR count). The number of aliphatic hydroxyl groups is 1. The van der Waals surface area contributed by atoms with Gasteiger partial charge in [-0.3, -0.25) is 0 Å². The van der Waals surface area contributed by atoms with Crippen LogP contribution >= 0.6 is 0 Å². The fourth-order valence-electron chi connectivity index (χ4n) is 3.27. The van der Waals surface area contributed by atoms with Gasteiger partial charge in [0.05, 0.1) is 5.60 Å². The topological polar surface area (TPSA) is 54.4 Å². The average molecular weight is 318 g/mol. The zero-order valence-electron chi connectivity index (χ0n) is 14.6. The summed E-state index contributed by atoms with van der Waals surface area (Å²) in [5, 5.41) is 10.8. The minimum atomic E-state index is -1.41. The van der Waals surface area contributed by atoms with E-state index in [1.807, 2.05) is 30.3 Å². The van der Waals surface area contributed by atoms with E-state index in [1.165, 1.54) is 0 Å². The molecule has 0 bridgehead atoms. The first kappa shape index (κ1) is 19.6. The number of hydrogen-bond acceptors (Lipinski definition) is 3. The molecule has 128 valence electrons. The van der Waals surface area contributed by atoms with Crippen LogP contribution in [0, 0.1) is 5.41 Å². The average Bonchev–Trinajstić information content (AvgIpc) is 2.58. The van der Waals surface area contributed by atoms with Gasteiger partial charge >= 0.3 is 0 Å². The minimum Gasteiger partial charge on any atom is -0.389 e. The third-order valence-electron chi connectivity index (χ3n) is 5.14. The summed E-state index contributed by atoms with van der Waals surface area (Å²) in [5.41, 5.74) is -1.83. The third kappa shape index (κ3) is 4.29. The number of carbonyl (C=O) groups is 2. The van der Waals surface area contributed by atoms with E-state index in [0.717, 1.165) is 37.7 Å². The molecule has 1 N–H and O–H groups in total. The van der Waals surface area contributed by atoms with Crippen LogP contribution in [-0.4, -0.2) is 23.3 Å². The van der Waals surface area contributed by atoms with Gasteiger partial charge < -0.3 is 14.7 Å². The Morgan fingerprint density at radius 3 is 2.13 bits per heavy atom. The van der Waals surface area contributed by atoms with Crippen molar-refractivity contribution in [3.63, 3.8) is 0 Å². The number of unbranched alkanes of at least 4 members (excludes halogenated alkanes) is 3. The fraction of sp³-hybridized carbons (Fsp3) is 0.600. The second kappa shape index (κ2) is 8.97. The lowest BCUT2D eigenvalue weighted by Gasteiger charge is -2.42. The summed E-state index contributed by atoms with van der Waals surface area (Å²) in [6, 6.07) is 9.62. The van der Waals surface area contributed by atoms with E-state index in [4.69, 9.17) is 0 Å². The molecule has 0 saturated carbocycles. The van der Waals surface area contributed by atoms with Crippen molar-refractivity contribution >= 4 is 12.6 Å². The van der Waals surface area contributed by atoms with Crippen LogP contribution in [0.5, 0.6) is 0 Å². The minimum absolute atomic E-state index is 0.300. The zero-order chi connectivity index (χ0) is 17.3. The molecule has 3 heteroatoms. The summed E-state index contributed by atoms with van der Waals surface area (Å²) in [6.45, 7) is 5.55. The van der Waals surface area contributed by atoms with Crippen LogP contribution in [0.1, 0.15) is 70.8 Å². The van der Waals surface area contributed by atoms with Gasteiger partial charge in [0.2, 0.25) is 0 Å². The highest BCUT2D eigenvalue weighted by Gasteiger charge is 2.52. The number of aldehydes is 2. The normalized spacial score (nSPS) is 15.7. The van der Waals surface area contributed by atoms with Gasteiger partial charge in [0.15, 0.2) is 0 Å².